The zero-order valence-corrected chi connectivity index (χ0v) is 14.1. The summed E-state index contributed by atoms with van der Waals surface area (Å²) in [5.74, 6) is 0.142. The van der Waals surface area contributed by atoms with Crippen LogP contribution in [-0.4, -0.2) is 30.5 Å². The fourth-order valence-electron chi connectivity index (χ4n) is 3.05. The number of rotatable bonds is 5. The zero-order valence-electron chi connectivity index (χ0n) is 14.1. The smallest absolute Gasteiger partial charge is 0.271 e. The Labute approximate surface area is 145 Å². The largest absolute Gasteiger partial charge is 0.495 e. The van der Waals surface area contributed by atoms with Crippen molar-refractivity contribution in [3.05, 3.63) is 58.1 Å². The fourth-order valence-corrected chi connectivity index (χ4v) is 3.05. The third-order valence-electron chi connectivity index (χ3n) is 4.42. The van der Waals surface area contributed by atoms with Crippen LogP contribution >= 0.6 is 0 Å². The van der Waals surface area contributed by atoms with E-state index in [1.54, 1.807) is 0 Å². The van der Waals surface area contributed by atoms with Gasteiger partial charge in [0.15, 0.2) is 0 Å². The second kappa shape index (κ2) is 6.80. The molecule has 0 fully saturated rings. The van der Waals surface area contributed by atoms with Crippen molar-refractivity contribution < 1.29 is 14.5 Å². The molecule has 0 unspecified atom stereocenters. The van der Waals surface area contributed by atoms with Crippen molar-refractivity contribution in [3.63, 3.8) is 0 Å². The summed E-state index contributed by atoms with van der Waals surface area (Å²) in [6.07, 6.45) is 0.897. The monoisotopic (exact) mass is 341 g/mol. The van der Waals surface area contributed by atoms with Crippen LogP contribution in [-0.2, 0) is 11.2 Å². The molecule has 1 amide bonds. The molecule has 7 nitrogen and oxygen atoms in total. The van der Waals surface area contributed by atoms with E-state index in [1.165, 1.54) is 30.9 Å². The number of ether oxygens (including phenoxy) is 1. The SMILES string of the molecule is COc1ccc([N+](=O)[O-])cc1NC(=O)[C@H](C)N1CCc2ccccc21. The van der Waals surface area contributed by atoms with E-state index >= 15 is 0 Å². The van der Waals surface area contributed by atoms with Crippen molar-refractivity contribution in [1.82, 2.24) is 0 Å². The maximum absolute atomic E-state index is 12.7. The molecule has 2 aromatic carbocycles. The van der Waals surface area contributed by atoms with Gasteiger partial charge in [0.2, 0.25) is 5.91 Å². The van der Waals surface area contributed by atoms with E-state index in [1.807, 2.05) is 30.0 Å². The van der Waals surface area contributed by atoms with Gasteiger partial charge >= 0.3 is 0 Å². The van der Waals surface area contributed by atoms with Crippen molar-refractivity contribution in [3.8, 4) is 5.75 Å². The number of amides is 1. The van der Waals surface area contributed by atoms with E-state index in [0.717, 1.165) is 18.7 Å². The summed E-state index contributed by atoms with van der Waals surface area (Å²) in [7, 11) is 1.46. The minimum Gasteiger partial charge on any atom is -0.495 e. The molecule has 0 aliphatic carbocycles. The van der Waals surface area contributed by atoms with Gasteiger partial charge in [0.1, 0.15) is 11.8 Å². The number of nitro groups is 1. The number of para-hydroxylation sites is 1. The van der Waals surface area contributed by atoms with Crippen LogP contribution in [0.1, 0.15) is 12.5 Å². The summed E-state index contributed by atoms with van der Waals surface area (Å²) >= 11 is 0. The number of fused-ring (bicyclic) bond motifs is 1. The van der Waals surface area contributed by atoms with Gasteiger partial charge in [0.25, 0.3) is 5.69 Å². The predicted octanol–water partition coefficient (Wildman–Crippen LogP) is 2.99. The van der Waals surface area contributed by atoms with Gasteiger partial charge in [-0.3, -0.25) is 14.9 Å². The second-order valence-corrected chi connectivity index (χ2v) is 5.88. The highest BCUT2D eigenvalue weighted by Crippen LogP contribution is 2.31. The van der Waals surface area contributed by atoms with Gasteiger partial charge in [0.05, 0.1) is 17.7 Å². The van der Waals surface area contributed by atoms with E-state index < -0.39 is 11.0 Å². The Hall–Kier alpha value is -3.09. The Balaban J connectivity index is 1.81. The van der Waals surface area contributed by atoms with Crippen molar-refractivity contribution in [2.75, 3.05) is 23.9 Å². The van der Waals surface area contributed by atoms with Crippen LogP contribution in [0.25, 0.3) is 0 Å². The van der Waals surface area contributed by atoms with E-state index in [9.17, 15) is 14.9 Å². The van der Waals surface area contributed by atoms with Crippen molar-refractivity contribution in [2.24, 2.45) is 0 Å². The van der Waals surface area contributed by atoms with E-state index in [-0.39, 0.29) is 11.6 Å². The van der Waals surface area contributed by atoms with Gasteiger partial charge in [-0.1, -0.05) is 18.2 Å². The minimum atomic E-state index is -0.505. The maximum atomic E-state index is 12.7. The number of hydrogen-bond donors (Lipinski definition) is 1. The van der Waals surface area contributed by atoms with E-state index in [4.69, 9.17) is 4.74 Å². The van der Waals surface area contributed by atoms with Crippen molar-refractivity contribution in [1.29, 1.82) is 0 Å². The minimum absolute atomic E-state index is 0.102. The predicted molar refractivity (Wildman–Crippen MR) is 95.2 cm³/mol. The highest BCUT2D eigenvalue weighted by Gasteiger charge is 2.28. The highest BCUT2D eigenvalue weighted by atomic mass is 16.6. The molecule has 0 bridgehead atoms. The van der Waals surface area contributed by atoms with Crippen molar-refractivity contribution in [2.45, 2.75) is 19.4 Å². The van der Waals surface area contributed by atoms with E-state index in [0.29, 0.717) is 11.4 Å². The number of nitrogens with zero attached hydrogens (tertiary/aromatic N) is 2. The lowest BCUT2D eigenvalue weighted by atomic mass is 10.1. The normalized spacial score (nSPS) is 13.9. The van der Waals surface area contributed by atoms with Gasteiger partial charge in [-0.05, 0) is 31.0 Å². The van der Waals surface area contributed by atoms with Crippen LogP contribution in [0.5, 0.6) is 5.75 Å². The molecule has 0 spiro atoms. The molecule has 1 aliphatic rings. The molecule has 1 atom stereocenters. The summed E-state index contributed by atoms with van der Waals surface area (Å²) in [5, 5.41) is 13.7. The summed E-state index contributed by atoms with van der Waals surface area (Å²) in [6.45, 7) is 2.58. The molecular weight excluding hydrogens is 322 g/mol. The summed E-state index contributed by atoms with van der Waals surface area (Å²) in [4.78, 5) is 25.2. The van der Waals surface area contributed by atoms with Crippen LogP contribution in [0.3, 0.4) is 0 Å². The van der Waals surface area contributed by atoms with Crippen LogP contribution in [0.2, 0.25) is 0 Å². The molecule has 0 aromatic heterocycles. The summed E-state index contributed by atoms with van der Waals surface area (Å²) in [5.41, 5.74) is 2.46. The van der Waals surface area contributed by atoms with Crippen molar-refractivity contribution >= 4 is 23.0 Å². The Morgan fingerprint density at radius 1 is 1.32 bits per heavy atom. The topological polar surface area (TPSA) is 84.7 Å². The average Bonchev–Trinajstić information content (AvgIpc) is 3.04. The van der Waals surface area contributed by atoms with Gasteiger partial charge in [-0.15, -0.1) is 0 Å². The highest BCUT2D eigenvalue weighted by molar-refractivity contribution is 5.98. The van der Waals surface area contributed by atoms with E-state index in [2.05, 4.69) is 11.4 Å². The zero-order chi connectivity index (χ0) is 18.0. The van der Waals surface area contributed by atoms with Gasteiger partial charge in [-0.25, -0.2) is 0 Å². The molecule has 1 aliphatic heterocycles. The van der Waals surface area contributed by atoms with Gasteiger partial charge in [-0.2, -0.15) is 0 Å². The summed E-state index contributed by atoms with van der Waals surface area (Å²) < 4.78 is 5.19. The Morgan fingerprint density at radius 3 is 2.80 bits per heavy atom. The lowest BCUT2D eigenvalue weighted by Gasteiger charge is -2.26. The van der Waals surface area contributed by atoms with Crippen LogP contribution < -0.4 is 15.0 Å². The number of methoxy groups -OCH3 is 1. The fraction of sp³-hybridized carbons (Fsp3) is 0.278. The third-order valence-corrected chi connectivity index (χ3v) is 4.42. The number of hydrogen-bond acceptors (Lipinski definition) is 5. The van der Waals surface area contributed by atoms with Crippen LogP contribution in [0, 0.1) is 10.1 Å². The molecule has 2 aromatic rings. The molecular formula is C18H19N3O4. The third kappa shape index (κ3) is 3.26. The molecule has 25 heavy (non-hydrogen) atoms. The van der Waals surface area contributed by atoms with Gasteiger partial charge in [0, 0.05) is 24.4 Å². The number of anilines is 2. The molecule has 130 valence electrons. The molecule has 1 N–H and O–H groups in total. The lowest BCUT2D eigenvalue weighted by Crippen LogP contribution is -2.41. The first kappa shape index (κ1) is 16.8. The first-order valence-electron chi connectivity index (χ1n) is 7.99. The van der Waals surface area contributed by atoms with Crippen LogP contribution in [0.15, 0.2) is 42.5 Å². The number of nitro benzene ring substituents is 1. The molecule has 0 radical (unpaired) electrons. The molecule has 0 saturated heterocycles. The first-order chi connectivity index (χ1) is 12.0. The number of carbonyl (C=O) groups is 1. The Bertz CT molecular complexity index is 822. The Kier molecular flexibility index (Phi) is 4.56. The first-order valence-corrected chi connectivity index (χ1v) is 7.99. The maximum Gasteiger partial charge on any atom is 0.271 e. The number of benzene rings is 2. The number of carbonyl (C=O) groups excluding carboxylic acids is 1. The quantitative estimate of drug-likeness (QED) is 0.667. The lowest BCUT2D eigenvalue weighted by molar-refractivity contribution is -0.384. The molecule has 1 heterocycles. The number of non-ortho nitro benzene ring substituents is 1. The Morgan fingerprint density at radius 2 is 2.08 bits per heavy atom. The summed E-state index contributed by atoms with van der Waals surface area (Å²) in [6, 6.07) is 11.7. The second-order valence-electron chi connectivity index (χ2n) is 5.88. The average molecular weight is 341 g/mol. The number of nitrogens with one attached hydrogen (secondary N) is 1. The standard InChI is InChI=1S/C18H19N3O4/c1-12(20-10-9-13-5-3-4-6-16(13)20)18(22)19-15-11-14(21(23)24)7-8-17(15)25-2/h3-8,11-12H,9-10H2,1-2H3,(H,19,22)/t12-/m0/s1. The molecule has 3 rings (SSSR count). The molecule has 0 saturated carbocycles. The van der Waals surface area contributed by atoms with Gasteiger partial charge < -0.3 is 15.0 Å². The molecule has 7 heteroatoms. The van der Waals surface area contributed by atoms with Crippen LogP contribution in [0.4, 0.5) is 17.1 Å².